The minimum Gasteiger partial charge on any atom is -0.472 e. The van der Waals surface area contributed by atoms with Crippen molar-refractivity contribution < 1.29 is 4.42 Å². The highest BCUT2D eigenvalue weighted by molar-refractivity contribution is 6.02. The van der Waals surface area contributed by atoms with Gasteiger partial charge in [0.15, 0.2) is 0 Å². The molecule has 0 fully saturated rings. The van der Waals surface area contributed by atoms with Crippen LogP contribution < -0.4 is 11.3 Å². The molecule has 0 radical (unpaired) electrons. The summed E-state index contributed by atoms with van der Waals surface area (Å²) in [7, 11) is 0. The van der Waals surface area contributed by atoms with Gasteiger partial charge in [-0.15, -0.1) is 0 Å². The van der Waals surface area contributed by atoms with Crippen molar-refractivity contribution in [2.75, 3.05) is 5.73 Å². The van der Waals surface area contributed by atoms with Crippen molar-refractivity contribution in [3.8, 4) is 11.3 Å². The highest BCUT2D eigenvalue weighted by atomic mass is 16.3. The van der Waals surface area contributed by atoms with E-state index in [0.29, 0.717) is 11.3 Å². The second-order valence-electron chi connectivity index (χ2n) is 3.33. The van der Waals surface area contributed by atoms with Gasteiger partial charge in [0.1, 0.15) is 5.69 Å². The summed E-state index contributed by atoms with van der Waals surface area (Å²) in [5.74, 6) is 0. The van der Waals surface area contributed by atoms with Crippen molar-refractivity contribution in [1.29, 1.82) is 5.41 Å². The Hall–Kier alpha value is -2.37. The number of aromatic amines is 1. The first-order valence-corrected chi connectivity index (χ1v) is 4.57. The Labute approximate surface area is 90.6 Å². The van der Waals surface area contributed by atoms with Crippen LogP contribution in [0.5, 0.6) is 0 Å². The van der Waals surface area contributed by atoms with Crippen molar-refractivity contribution in [2.24, 2.45) is 0 Å². The van der Waals surface area contributed by atoms with Crippen molar-refractivity contribution in [3.63, 3.8) is 0 Å². The Morgan fingerprint density at radius 2 is 2.38 bits per heavy atom. The summed E-state index contributed by atoms with van der Waals surface area (Å²) in [6.07, 6.45) is 2.96. The molecule has 2 aromatic rings. The van der Waals surface area contributed by atoms with Gasteiger partial charge in [0.05, 0.1) is 23.8 Å². The number of furan rings is 1. The third-order valence-electron chi connectivity index (χ3n) is 2.19. The SMILES string of the molecule is CC(=N)c1c(N)c(-c2ccoc2)n[nH]c1=O. The van der Waals surface area contributed by atoms with Gasteiger partial charge in [-0.25, -0.2) is 5.10 Å². The van der Waals surface area contributed by atoms with Crippen LogP contribution in [0.25, 0.3) is 11.3 Å². The van der Waals surface area contributed by atoms with E-state index < -0.39 is 5.56 Å². The third kappa shape index (κ3) is 1.50. The Morgan fingerprint density at radius 1 is 1.62 bits per heavy atom. The average molecular weight is 218 g/mol. The average Bonchev–Trinajstić information content (AvgIpc) is 2.70. The minimum atomic E-state index is -0.461. The normalized spacial score (nSPS) is 10.3. The molecule has 2 rings (SSSR count). The van der Waals surface area contributed by atoms with E-state index >= 15 is 0 Å². The minimum absolute atomic E-state index is 0.103. The fraction of sp³-hybridized carbons (Fsp3) is 0.100. The lowest BCUT2D eigenvalue weighted by Gasteiger charge is -2.05. The van der Waals surface area contributed by atoms with Crippen LogP contribution >= 0.6 is 0 Å². The van der Waals surface area contributed by atoms with E-state index in [9.17, 15) is 4.79 Å². The number of rotatable bonds is 2. The zero-order valence-corrected chi connectivity index (χ0v) is 8.57. The smallest absolute Gasteiger partial charge is 0.275 e. The van der Waals surface area contributed by atoms with E-state index in [1.165, 1.54) is 19.5 Å². The number of hydrogen-bond donors (Lipinski definition) is 3. The van der Waals surface area contributed by atoms with Gasteiger partial charge in [0.25, 0.3) is 5.56 Å². The first kappa shape index (κ1) is 10.2. The second-order valence-corrected chi connectivity index (χ2v) is 3.33. The largest absolute Gasteiger partial charge is 0.472 e. The summed E-state index contributed by atoms with van der Waals surface area (Å²) in [4.78, 5) is 11.4. The molecule has 0 amide bonds. The molecule has 0 aliphatic carbocycles. The van der Waals surface area contributed by atoms with Crippen molar-refractivity contribution >= 4 is 11.4 Å². The van der Waals surface area contributed by atoms with Crippen LogP contribution in [-0.4, -0.2) is 15.9 Å². The molecule has 0 unspecified atom stereocenters. The van der Waals surface area contributed by atoms with Crippen molar-refractivity contribution in [1.82, 2.24) is 10.2 Å². The van der Waals surface area contributed by atoms with E-state index in [1.54, 1.807) is 6.07 Å². The lowest BCUT2D eigenvalue weighted by Crippen LogP contribution is -2.21. The standard InChI is InChI=1S/C10H10N4O2/c1-5(11)7-8(12)9(13-14-10(7)15)6-2-3-16-4-6/h2-4,11H,1H3,(H3,12,14,15). The van der Waals surface area contributed by atoms with E-state index in [1.807, 2.05) is 0 Å². The van der Waals surface area contributed by atoms with Gasteiger partial charge in [0.2, 0.25) is 0 Å². The van der Waals surface area contributed by atoms with E-state index in [4.69, 9.17) is 15.6 Å². The molecule has 6 heteroatoms. The fourth-order valence-corrected chi connectivity index (χ4v) is 1.46. The first-order chi connectivity index (χ1) is 7.61. The topological polar surface area (TPSA) is 109 Å². The maximum atomic E-state index is 11.4. The zero-order valence-electron chi connectivity index (χ0n) is 8.57. The molecular weight excluding hydrogens is 208 g/mol. The lowest BCUT2D eigenvalue weighted by atomic mass is 10.1. The highest BCUT2D eigenvalue weighted by Crippen LogP contribution is 2.24. The maximum Gasteiger partial charge on any atom is 0.275 e. The Bertz CT molecular complexity index is 583. The molecule has 0 saturated carbocycles. The number of hydrogen-bond acceptors (Lipinski definition) is 5. The maximum absolute atomic E-state index is 11.4. The molecule has 82 valence electrons. The molecule has 0 atom stereocenters. The van der Waals surface area contributed by atoms with Gasteiger partial charge in [-0.2, -0.15) is 5.10 Å². The second kappa shape index (κ2) is 3.65. The van der Waals surface area contributed by atoms with Gasteiger partial charge < -0.3 is 15.6 Å². The lowest BCUT2D eigenvalue weighted by molar-refractivity contribution is 0.568. The number of anilines is 1. The summed E-state index contributed by atoms with van der Waals surface area (Å²) in [5.41, 5.74) is 6.87. The Kier molecular flexibility index (Phi) is 2.32. The van der Waals surface area contributed by atoms with Crippen LogP contribution in [0.2, 0.25) is 0 Å². The molecule has 0 saturated heterocycles. The summed E-state index contributed by atoms with van der Waals surface area (Å²) in [6.45, 7) is 1.50. The Morgan fingerprint density at radius 3 is 2.94 bits per heavy atom. The van der Waals surface area contributed by atoms with Crippen molar-refractivity contribution in [2.45, 2.75) is 6.92 Å². The number of nitrogen functional groups attached to an aromatic ring is 1. The Balaban J connectivity index is 2.71. The summed E-state index contributed by atoms with van der Waals surface area (Å²) in [6, 6.07) is 1.68. The van der Waals surface area contributed by atoms with Crippen LogP contribution in [0, 0.1) is 5.41 Å². The molecular formula is C10H10N4O2. The molecule has 0 bridgehead atoms. The van der Waals surface area contributed by atoms with Gasteiger partial charge in [-0.1, -0.05) is 0 Å². The predicted molar refractivity (Wildman–Crippen MR) is 59.5 cm³/mol. The number of nitrogens with two attached hydrogens (primary N) is 1. The number of H-pyrrole nitrogens is 1. The molecule has 0 aliphatic heterocycles. The highest BCUT2D eigenvalue weighted by Gasteiger charge is 2.14. The number of nitrogens with one attached hydrogen (secondary N) is 2. The van der Waals surface area contributed by atoms with Gasteiger partial charge in [-0.05, 0) is 13.0 Å². The van der Waals surface area contributed by atoms with Crippen molar-refractivity contribution in [3.05, 3.63) is 34.5 Å². The molecule has 0 aromatic carbocycles. The van der Waals surface area contributed by atoms with Gasteiger partial charge in [0, 0.05) is 11.3 Å². The quantitative estimate of drug-likeness (QED) is 0.653. The molecule has 2 heterocycles. The predicted octanol–water partition coefficient (Wildman–Crippen LogP) is 1.000. The first-order valence-electron chi connectivity index (χ1n) is 4.57. The molecule has 0 aliphatic rings. The van der Waals surface area contributed by atoms with Crippen LogP contribution in [0.15, 0.2) is 27.8 Å². The zero-order chi connectivity index (χ0) is 11.7. The van der Waals surface area contributed by atoms with Crippen LogP contribution in [-0.2, 0) is 0 Å². The van der Waals surface area contributed by atoms with E-state index in [2.05, 4.69) is 10.2 Å². The van der Waals surface area contributed by atoms with Gasteiger partial charge in [-0.3, -0.25) is 4.79 Å². The third-order valence-corrected chi connectivity index (χ3v) is 2.19. The number of nitrogens with zero attached hydrogens (tertiary/aromatic N) is 1. The van der Waals surface area contributed by atoms with Gasteiger partial charge >= 0.3 is 0 Å². The fourth-order valence-electron chi connectivity index (χ4n) is 1.46. The molecule has 16 heavy (non-hydrogen) atoms. The monoisotopic (exact) mass is 218 g/mol. The van der Waals surface area contributed by atoms with E-state index in [0.717, 1.165) is 0 Å². The summed E-state index contributed by atoms with van der Waals surface area (Å²) in [5, 5.41) is 13.6. The molecule has 4 N–H and O–H groups in total. The van der Waals surface area contributed by atoms with E-state index in [-0.39, 0.29) is 17.0 Å². The van der Waals surface area contributed by atoms with Crippen LogP contribution in [0.3, 0.4) is 0 Å². The number of aromatic nitrogens is 2. The molecule has 2 aromatic heterocycles. The molecule has 6 nitrogen and oxygen atoms in total. The summed E-state index contributed by atoms with van der Waals surface area (Å²) >= 11 is 0. The summed E-state index contributed by atoms with van der Waals surface area (Å²) < 4.78 is 4.91. The molecule has 0 spiro atoms. The van der Waals surface area contributed by atoms with Crippen LogP contribution in [0.1, 0.15) is 12.5 Å². The van der Waals surface area contributed by atoms with Crippen LogP contribution in [0.4, 0.5) is 5.69 Å².